The molecule has 0 unspecified atom stereocenters. The number of benzene rings is 1. The van der Waals surface area contributed by atoms with Gasteiger partial charge in [0.25, 0.3) is 5.88 Å². The van der Waals surface area contributed by atoms with Crippen molar-refractivity contribution in [2.24, 2.45) is 0 Å². The molecule has 1 atom stereocenters. The molecule has 2 fully saturated rings. The lowest BCUT2D eigenvalue weighted by atomic mass is 9.73. The number of hydrogen-bond acceptors (Lipinski definition) is 5. The molecule has 2 aliphatic heterocycles. The third kappa shape index (κ3) is 3.83. The standard InChI is InChI=1S/C22H26FN3O3/c1-2-18-19(23)20(25-15-24-18)29-17-8-11-26(14-17)21(27)22(9-12-28-13-10-22)16-6-4-3-5-7-16/h3-7,15,17H,2,8-14H2,1H3/t17-/m0/s1. The molecule has 7 heteroatoms. The molecule has 0 aliphatic carbocycles. The first-order valence-electron chi connectivity index (χ1n) is 10.2. The highest BCUT2D eigenvalue weighted by molar-refractivity contribution is 5.88. The maximum absolute atomic E-state index is 14.4. The van der Waals surface area contributed by atoms with Crippen molar-refractivity contribution < 1.29 is 18.7 Å². The highest BCUT2D eigenvalue weighted by Gasteiger charge is 2.45. The van der Waals surface area contributed by atoms with Gasteiger partial charge in [0.2, 0.25) is 11.7 Å². The van der Waals surface area contributed by atoms with E-state index in [4.69, 9.17) is 9.47 Å². The van der Waals surface area contributed by atoms with Gasteiger partial charge >= 0.3 is 0 Å². The fraction of sp³-hybridized carbons (Fsp3) is 0.500. The molecule has 0 spiro atoms. The van der Waals surface area contributed by atoms with Gasteiger partial charge in [0.15, 0.2) is 0 Å². The molecule has 0 saturated carbocycles. The van der Waals surface area contributed by atoms with Crippen LogP contribution in [0.15, 0.2) is 36.7 Å². The van der Waals surface area contributed by atoms with Gasteiger partial charge in [-0.1, -0.05) is 37.3 Å². The van der Waals surface area contributed by atoms with E-state index in [0.717, 1.165) is 5.56 Å². The predicted octanol–water partition coefficient (Wildman–Crippen LogP) is 2.91. The van der Waals surface area contributed by atoms with Gasteiger partial charge in [-0.25, -0.2) is 4.98 Å². The Labute approximate surface area is 170 Å². The zero-order valence-electron chi connectivity index (χ0n) is 16.6. The summed E-state index contributed by atoms with van der Waals surface area (Å²) in [4.78, 5) is 23.3. The second kappa shape index (κ2) is 8.45. The van der Waals surface area contributed by atoms with Crippen LogP contribution in [0, 0.1) is 5.82 Å². The number of aromatic nitrogens is 2. The van der Waals surface area contributed by atoms with E-state index in [-0.39, 0.29) is 17.9 Å². The van der Waals surface area contributed by atoms with E-state index >= 15 is 0 Å². The van der Waals surface area contributed by atoms with Crippen LogP contribution in [0.25, 0.3) is 0 Å². The summed E-state index contributed by atoms with van der Waals surface area (Å²) >= 11 is 0. The molecular weight excluding hydrogens is 373 g/mol. The summed E-state index contributed by atoms with van der Waals surface area (Å²) < 4.78 is 25.8. The van der Waals surface area contributed by atoms with E-state index in [2.05, 4.69) is 9.97 Å². The summed E-state index contributed by atoms with van der Waals surface area (Å²) in [6.45, 7) is 3.99. The Balaban J connectivity index is 1.50. The fourth-order valence-electron chi connectivity index (χ4n) is 4.29. The number of aryl methyl sites for hydroxylation is 1. The summed E-state index contributed by atoms with van der Waals surface area (Å²) in [5.74, 6) is -0.430. The van der Waals surface area contributed by atoms with E-state index in [0.29, 0.717) is 57.7 Å². The average molecular weight is 399 g/mol. The van der Waals surface area contributed by atoms with Gasteiger partial charge in [-0.2, -0.15) is 9.37 Å². The number of hydrogen-bond donors (Lipinski definition) is 0. The van der Waals surface area contributed by atoms with Gasteiger partial charge < -0.3 is 14.4 Å². The van der Waals surface area contributed by atoms with E-state index < -0.39 is 11.2 Å². The van der Waals surface area contributed by atoms with Crippen LogP contribution >= 0.6 is 0 Å². The summed E-state index contributed by atoms with van der Waals surface area (Å²) in [5.41, 5.74) is 0.808. The topological polar surface area (TPSA) is 64.6 Å². The third-order valence-electron chi connectivity index (χ3n) is 5.96. The summed E-state index contributed by atoms with van der Waals surface area (Å²) in [6, 6.07) is 9.95. The zero-order chi connectivity index (χ0) is 20.3. The Kier molecular flexibility index (Phi) is 5.76. The number of amides is 1. The Morgan fingerprint density at radius 3 is 2.76 bits per heavy atom. The van der Waals surface area contributed by atoms with E-state index in [1.807, 2.05) is 42.2 Å². The van der Waals surface area contributed by atoms with E-state index in [9.17, 15) is 9.18 Å². The lowest BCUT2D eigenvalue weighted by Crippen LogP contribution is -2.49. The number of ether oxygens (including phenoxy) is 2. The molecule has 1 aromatic carbocycles. The first-order chi connectivity index (χ1) is 14.1. The van der Waals surface area contributed by atoms with Crippen LogP contribution in [-0.2, 0) is 21.4 Å². The largest absolute Gasteiger partial charge is 0.470 e. The molecule has 0 radical (unpaired) electrons. The smallest absolute Gasteiger partial charge is 0.254 e. The molecule has 2 aromatic rings. The van der Waals surface area contributed by atoms with Crippen LogP contribution in [0.3, 0.4) is 0 Å². The Bertz CT molecular complexity index is 856. The van der Waals surface area contributed by atoms with Crippen LogP contribution in [0.4, 0.5) is 4.39 Å². The van der Waals surface area contributed by atoms with Crippen molar-refractivity contribution in [1.29, 1.82) is 0 Å². The number of carbonyl (C=O) groups is 1. The van der Waals surface area contributed by atoms with Gasteiger partial charge in [0.1, 0.15) is 12.4 Å². The highest BCUT2D eigenvalue weighted by Crippen LogP contribution is 2.37. The highest BCUT2D eigenvalue weighted by atomic mass is 19.1. The number of rotatable bonds is 5. The van der Waals surface area contributed by atoms with Crippen LogP contribution in [0.2, 0.25) is 0 Å². The molecule has 1 amide bonds. The molecule has 2 saturated heterocycles. The molecule has 1 aromatic heterocycles. The number of likely N-dealkylation sites (tertiary alicyclic amines) is 1. The molecule has 29 heavy (non-hydrogen) atoms. The van der Waals surface area contributed by atoms with Crippen LogP contribution < -0.4 is 4.74 Å². The second-order valence-electron chi connectivity index (χ2n) is 7.63. The van der Waals surface area contributed by atoms with Crippen LogP contribution in [-0.4, -0.2) is 53.2 Å². The fourth-order valence-corrected chi connectivity index (χ4v) is 4.29. The normalized spacial score (nSPS) is 21.2. The minimum Gasteiger partial charge on any atom is -0.470 e. The summed E-state index contributed by atoms with van der Waals surface area (Å²) in [5, 5.41) is 0. The summed E-state index contributed by atoms with van der Waals surface area (Å²) in [7, 11) is 0. The molecular formula is C22H26FN3O3. The van der Waals surface area contributed by atoms with E-state index in [1.165, 1.54) is 6.33 Å². The molecule has 154 valence electrons. The first kappa shape index (κ1) is 19.8. The number of nitrogens with zero attached hydrogens (tertiary/aromatic N) is 3. The quantitative estimate of drug-likeness (QED) is 0.774. The van der Waals surface area contributed by atoms with Crippen molar-refractivity contribution in [3.63, 3.8) is 0 Å². The van der Waals surface area contributed by atoms with Gasteiger partial charge in [-0.15, -0.1) is 0 Å². The zero-order valence-corrected chi connectivity index (χ0v) is 16.6. The average Bonchev–Trinajstić information content (AvgIpc) is 3.24. The van der Waals surface area contributed by atoms with Crippen molar-refractivity contribution in [2.75, 3.05) is 26.3 Å². The molecule has 2 aliphatic rings. The third-order valence-corrected chi connectivity index (χ3v) is 5.96. The SMILES string of the molecule is CCc1ncnc(O[C@H]2CCN(C(=O)C3(c4ccccc4)CCOCC3)C2)c1F. The van der Waals surface area contributed by atoms with Crippen molar-refractivity contribution in [3.8, 4) is 5.88 Å². The van der Waals surface area contributed by atoms with Gasteiger partial charge in [-0.05, 0) is 24.8 Å². The number of halogens is 1. The molecule has 0 bridgehead atoms. The van der Waals surface area contributed by atoms with Crippen LogP contribution in [0.5, 0.6) is 5.88 Å². The van der Waals surface area contributed by atoms with Crippen LogP contribution in [0.1, 0.15) is 37.4 Å². The van der Waals surface area contributed by atoms with Crippen molar-refractivity contribution in [2.45, 2.75) is 44.1 Å². The molecule has 3 heterocycles. The molecule has 6 nitrogen and oxygen atoms in total. The lowest BCUT2D eigenvalue weighted by Gasteiger charge is -2.39. The molecule has 4 rings (SSSR count). The first-order valence-corrected chi connectivity index (χ1v) is 10.2. The van der Waals surface area contributed by atoms with E-state index in [1.54, 1.807) is 0 Å². The van der Waals surface area contributed by atoms with Gasteiger partial charge in [0, 0.05) is 26.2 Å². The van der Waals surface area contributed by atoms with Gasteiger partial charge in [-0.3, -0.25) is 4.79 Å². The second-order valence-corrected chi connectivity index (χ2v) is 7.63. The maximum Gasteiger partial charge on any atom is 0.254 e. The van der Waals surface area contributed by atoms with Crippen molar-refractivity contribution in [1.82, 2.24) is 14.9 Å². The van der Waals surface area contributed by atoms with Gasteiger partial charge in [0.05, 0.1) is 17.7 Å². The van der Waals surface area contributed by atoms with Crippen molar-refractivity contribution in [3.05, 3.63) is 53.7 Å². The monoisotopic (exact) mass is 399 g/mol. The minimum absolute atomic E-state index is 0.0278. The predicted molar refractivity (Wildman–Crippen MR) is 105 cm³/mol. The lowest BCUT2D eigenvalue weighted by molar-refractivity contribution is -0.140. The Hall–Kier alpha value is -2.54. The Morgan fingerprint density at radius 1 is 1.28 bits per heavy atom. The minimum atomic E-state index is -0.566. The number of carbonyl (C=O) groups excluding carboxylic acids is 1. The maximum atomic E-state index is 14.4. The Morgan fingerprint density at radius 2 is 2.03 bits per heavy atom. The van der Waals surface area contributed by atoms with Crippen molar-refractivity contribution >= 4 is 5.91 Å². The molecule has 0 N–H and O–H groups in total. The summed E-state index contributed by atoms with van der Waals surface area (Å²) in [6.07, 6.45) is 3.50.